The highest BCUT2D eigenvalue weighted by molar-refractivity contribution is 7.08. The first-order valence-corrected chi connectivity index (χ1v) is 16.5. The lowest BCUT2D eigenvalue weighted by Crippen LogP contribution is -2.51. The number of nitro groups is 1. The van der Waals surface area contributed by atoms with E-state index in [-0.39, 0.29) is 24.7 Å². The van der Waals surface area contributed by atoms with Crippen LogP contribution in [0.2, 0.25) is 0 Å². The Morgan fingerprint density at radius 1 is 0.907 bits per heavy atom. The lowest BCUT2D eigenvalue weighted by atomic mass is 10.0. The van der Waals surface area contributed by atoms with Gasteiger partial charge in [-0.1, -0.05) is 0 Å². The molecule has 2 aromatic heterocycles. The summed E-state index contributed by atoms with van der Waals surface area (Å²) in [6.45, 7) is 5.62. The summed E-state index contributed by atoms with van der Waals surface area (Å²) in [4.78, 5) is 35.1. The Hall–Kier alpha value is -3.32. The van der Waals surface area contributed by atoms with Crippen LogP contribution in [0.4, 0.5) is 10.5 Å². The minimum Gasteiger partial charge on any atom is -0.428 e. The largest absolute Gasteiger partial charge is 0.511 e. The number of non-ortho nitro benzene ring substituents is 1. The normalized spacial score (nSPS) is 15.7. The van der Waals surface area contributed by atoms with E-state index in [9.17, 15) is 19.7 Å². The number of ether oxygens (including phenoxy) is 3. The van der Waals surface area contributed by atoms with Crippen molar-refractivity contribution in [3.05, 3.63) is 84.7 Å². The molecule has 0 N–H and O–H groups in total. The lowest BCUT2D eigenvalue weighted by molar-refractivity contribution is -0.945. The van der Waals surface area contributed by atoms with E-state index in [1.165, 1.54) is 37.0 Å². The molecule has 1 fully saturated rings. The summed E-state index contributed by atoms with van der Waals surface area (Å²) < 4.78 is 17.0. The van der Waals surface area contributed by atoms with E-state index in [4.69, 9.17) is 14.2 Å². The summed E-state index contributed by atoms with van der Waals surface area (Å²) in [7, 11) is 2.05. The van der Waals surface area contributed by atoms with Gasteiger partial charge in [0.2, 0.25) is 6.79 Å². The summed E-state index contributed by atoms with van der Waals surface area (Å²) in [5, 5.41) is 19.4. The van der Waals surface area contributed by atoms with Crippen LogP contribution in [0.5, 0.6) is 0 Å². The molecule has 1 aliphatic rings. The molecule has 10 nitrogen and oxygen atoms in total. The molecule has 232 valence electrons. The number of nitrogens with zero attached hydrogens (tertiary/aromatic N) is 3. The van der Waals surface area contributed by atoms with Crippen molar-refractivity contribution in [1.82, 2.24) is 0 Å². The molecular formula is C31H41N3O7S2+2. The second-order valence-corrected chi connectivity index (χ2v) is 13.1. The van der Waals surface area contributed by atoms with Crippen LogP contribution in [0.25, 0.3) is 0 Å². The van der Waals surface area contributed by atoms with E-state index in [0.717, 1.165) is 48.2 Å². The monoisotopic (exact) mass is 631 g/mol. The van der Waals surface area contributed by atoms with Crippen LogP contribution >= 0.6 is 22.7 Å². The van der Waals surface area contributed by atoms with Gasteiger partial charge in [-0.3, -0.25) is 14.9 Å². The Morgan fingerprint density at radius 2 is 1.58 bits per heavy atom. The summed E-state index contributed by atoms with van der Waals surface area (Å²) >= 11 is 3.33. The van der Waals surface area contributed by atoms with Crippen LogP contribution in [0.1, 0.15) is 48.8 Å². The van der Waals surface area contributed by atoms with Gasteiger partial charge in [-0.25, -0.2) is 4.79 Å². The fourth-order valence-electron chi connectivity index (χ4n) is 5.78. The van der Waals surface area contributed by atoms with Gasteiger partial charge < -0.3 is 23.2 Å². The molecule has 1 aromatic carbocycles. The number of carbonyl (C=O) groups is 2. The molecule has 1 atom stereocenters. The van der Waals surface area contributed by atoms with Crippen LogP contribution < -0.4 is 0 Å². The second kappa shape index (κ2) is 15.9. The number of carbonyl (C=O) groups excluding carboxylic acids is 2. The van der Waals surface area contributed by atoms with E-state index in [1.807, 2.05) is 12.4 Å². The van der Waals surface area contributed by atoms with Crippen LogP contribution in [-0.2, 0) is 38.6 Å². The van der Waals surface area contributed by atoms with Gasteiger partial charge in [0.05, 0.1) is 38.0 Å². The Balaban J connectivity index is 1.17. The molecule has 0 saturated carbocycles. The number of likely N-dealkylation sites (tertiary alicyclic amines) is 1. The molecule has 12 heteroatoms. The predicted octanol–water partition coefficient (Wildman–Crippen LogP) is 6.50. The molecule has 43 heavy (non-hydrogen) atoms. The third-order valence-corrected chi connectivity index (χ3v) is 9.44. The topological polar surface area (TPSA) is 105 Å². The Bertz CT molecular complexity index is 1290. The quantitative estimate of drug-likeness (QED) is 0.0584. The summed E-state index contributed by atoms with van der Waals surface area (Å²) in [6.07, 6.45) is 3.82. The average Bonchev–Trinajstić information content (AvgIpc) is 3.68. The third-order valence-electron chi connectivity index (χ3n) is 7.98. The van der Waals surface area contributed by atoms with Crippen LogP contribution in [-0.4, -0.2) is 72.6 Å². The van der Waals surface area contributed by atoms with Crippen molar-refractivity contribution in [3.8, 4) is 0 Å². The first-order valence-electron chi connectivity index (χ1n) is 14.6. The summed E-state index contributed by atoms with van der Waals surface area (Å²) in [5.74, 6) is -0.387. The Kier molecular flexibility index (Phi) is 12.1. The van der Waals surface area contributed by atoms with Crippen molar-refractivity contribution in [1.29, 1.82) is 0 Å². The molecule has 3 aromatic rings. The van der Waals surface area contributed by atoms with E-state index >= 15 is 0 Å². The standard InChI is InChI=1S/C31H41N3O7S2/c1-33(21-27-11-18-42-23-27,20-26-7-9-29(10-8-26)32(37)38)16-17-39-31(36)41-25-40-30(35)6-5-15-34(13-3-2-4-14-34)22-28-12-19-43-24-28/h7-12,18-19,23-24H,2-6,13-17,20-22,25H2,1H3/q+2. The van der Waals surface area contributed by atoms with E-state index in [0.29, 0.717) is 24.1 Å². The fourth-order valence-corrected chi connectivity index (χ4v) is 7.10. The SMILES string of the molecule is C[N+](CCOC(=O)OCOC(=O)CCC[N+]1(Cc2ccsc2)CCCCC1)(Cc1ccc([N+](=O)[O-])cc1)Cc1ccsc1. The maximum absolute atomic E-state index is 12.3. The first kappa shape index (κ1) is 32.6. The molecule has 1 saturated heterocycles. The van der Waals surface area contributed by atoms with Crippen molar-refractivity contribution in [2.24, 2.45) is 0 Å². The highest BCUT2D eigenvalue weighted by Gasteiger charge is 2.30. The number of esters is 1. The molecule has 0 aliphatic carbocycles. The minimum atomic E-state index is -0.890. The zero-order valence-electron chi connectivity index (χ0n) is 24.7. The summed E-state index contributed by atoms with van der Waals surface area (Å²) in [6, 6.07) is 10.7. The van der Waals surface area contributed by atoms with Gasteiger partial charge in [0.15, 0.2) is 0 Å². The van der Waals surface area contributed by atoms with Crippen molar-refractivity contribution in [3.63, 3.8) is 0 Å². The van der Waals surface area contributed by atoms with Gasteiger partial charge in [0, 0.05) is 35.2 Å². The molecule has 0 bridgehead atoms. The highest BCUT2D eigenvalue weighted by Crippen LogP contribution is 2.25. The predicted molar refractivity (Wildman–Crippen MR) is 165 cm³/mol. The van der Waals surface area contributed by atoms with Gasteiger partial charge in [0.1, 0.15) is 32.8 Å². The number of thiophene rings is 2. The number of nitro benzene ring substituents is 1. The van der Waals surface area contributed by atoms with Gasteiger partial charge in [-0.2, -0.15) is 22.7 Å². The molecule has 0 radical (unpaired) electrons. The molecule has 0 spiro atoms. The van der Waals surface area contributed by atoms with Gasteiger partial charge in [-0.15, -0.1) is 0 Å². The average molecular weight is 632 g/mol. The number of piperidine rings is 1. The van der Waals surface area contributed by atoms with Crippen molar-refractivity contribution in [2.45, 2.75) is 51.7 Å². The van der Waals surface area contributed by atoms with E-state index < -0.39 is 17.9 Å². The zero-order chi connectivity index (χ0) is 30.5. The number of hydrogen-bond acceptors (Lipinski definition) is 9. The zero-order valence-corrected chi connectivity index (χ0v) is 26.3. The van der Waals surface area contributed by atoms with Crippen LogP contribution in [0.3, 0.4) is 0 Å². The molecular weight excluding hydrogens is 590 g/mol. The molecule has 1 aliphatic heterocycles. The smallest absolute Gasteiger partial charge is 0.428 e. The third kappa shape index (κ3) is 10.7. The second-order valence-electron chi connectivity index (χ2n) is 11.6. The maximum atomic E-state index is 12.3. The van der Waals surface area contributed by atoms with Gasteiger partial charge in [0.25, 0.3) is 5.69 Å². The number of quaternary nitrogens is 2. The molecule has 4 rings (SSSR count). The van der Waals surface area contributed by atoms with E-state index in [1.54, 1.807) is 34.8 Å². The first-order chi connectivity index (χ1) is 20.7. The fraction of sp³-hybridized carbons (Fsp3) is 0.484. The van der Waals surface area contributed by atoms with Crippen molar-refractivity contribution < 1.29 is 37.7 Å². The molecule has 1 unspecified atom stereocenters. The van der Waals surface area contributed by atoms with Gasteiger partial charge >= 0.3 is 12.1 Å². The number of likely N-dealkylation sites (N-methyl/N-ethyl adjacent to an activating group) is 1. The number of rotatable bonds is 16. The van der Waals surface area contributed by atoms with Crippen molar-refractivity contribution >= 4 is 40.5 Å². The van der Waals surface area contributed by atoms with Crippen molar-refractivity contribution in [2.75, 3.05) is 46.6 Å². The lowest BCUT2D eigenvalue weighted by Gasteiger charge is -2.41. The highest BCUT2D eigenvalue weighted by atomic mass is 32.1. The van der Waals surface area contributed by atoms with Crippen LogP contribution in [0, 0.1) is 10.1 Å². The Morgan fingerprint density at radius 3 is 2.23 bits per heavy atom. The maximum Gasteiger partial charge on any atom is 0.511 e. The number of benzene rings is 1. The number of hydrogen-bond donors (Lipinski definition) is 0. The Labute approximate surface area is 260 Å². The minimum absolute atomic E-state index is 0.0454. The molecule has 3 heterocycles. The van der Waals surface area contributed by atoms with E-state index in [2.05, 4.69) is 28.3 Å². The molecule has 0 amide bonds. The summed E-state index contributed by atoms with van der Waals surface area (Å²) in [5.41, 5.74) is 3.50. The van der Waals surface area contributed by atoms with Crippen LogP contribution in [0.15, 0.2) is 57.9 Å². The van der Waals surface area contributed by atoms with Gasteiger partial charge in [-0.05, 0) is 65.0 Å².